The van der Waals surface area contributed by atoms with Gasteiger partial charge in [0.15, 0.2) is 28.9 Å². The summed E-state index contributed by atoms with van der Waals surface area (Å²) in [5.41, 5.74) is 5.29. The van der Waals surface area contributed by atoms with E-state index in [2.05, 4.69) is 51.6 Å². The number of aliphatic hydroxyl groups excluding tert-OH is 1. The monoisotopic (exact) mass is 906 g/mol. The predicted octanol–water partition coefficient (Wildman–Crippen LogP) is 8.75. The SMILES string of the molecule is COc1cc2c(Oc3ccc4[nH]c(C)cc4c3F)ncnc2cc1OCCCN1CCCC1.Cn1cnc2c(F)c(Nc3ccc(Br)cc3Cl)c(C(=O)NOCCO)cc21. The largest absolute Gasteiger partial charge is 0.493 e. The first-order chi connectivity index (χ1) is 29.0. The van der Waals surface area contributed by atoms with Crippen molar-refractivity contribution in [2.45, 2.75) is 26.2 Å². The fourth-order valence-corrected chi connectivity index (χ4v) is 7.53. The maximum absolute atomic E-state index is 15.1. The first-order valence-corrected chi connectivity index (χ1v) is 20.2. The number of fused-ring (bicyclic) bond motifs is 3. The lowest BCUT2D eigenvalue weighted by Crippen LogP contribution is -2.26. The first kappa shape index (κ1) is 42.5. The van der Waals surface area contributed by atoms with Crippen molar-refractivity contribution in [1.82, 2.24) is 34.9 Å². The van der Waals surface area contributed by atoms with Crippen molar-refractivity contribution in [3.05, 3.63) is 99.6 Å². The molecule has 60 heavy (non-hydrogen) atoms. The van der Waals surface area contributed by atoms with E-state index in [1.165, 1.54) is 44.7 Å². The van der Waals surface area contributed by atoms with Gasteiger partial charge in [-0.1, -0.05) is 27.5 Å². The molecule has 0 bridgehead atoms. The molecule has 4 N–H and O–H groups in total. The van der Waals surface area contributed by atoms with Gasteiger partial charge in [-0.15, -0.1) is 0 Å². The van der Waals surface area contributed by atoms with Crippen LogP contribution in [0, 0.1) is 18.6 Å². The summed E-state index contributed by atoms with van der Waals surface area (Å²) in [5.74, 6) is -0.284. The van der Waals surface area contributed by atoms with E-state index in [4.69, 9.17) is 35.8 Å². The Kier molecular flexibility index (Phi) is 13.6. The second-order valence-electron chi connectivity index (χ2n) is 13.9. The molecule has 3 aromatic heterocycles. The van der Waals surface area contributed by atoms with Crippen molar-refractivity contribution in [3.8, 4) is 23.1 Å². The summed E-state index contributed by atoms with van der Waals surface area (Å²) in [7, 11) is 3.28. The van der Waals surface area contributed by atoms with Crippen LogP contribution in [0.1, 0.15) is 35.3 Å². The number of carbonyl (C=O) groups excluding carboxylic acids is 1. The first-order valence-electron chi connectivity index (χ1n) is 19.1. The lowest BCUT2D eigenvalue weighted by Gasteiger charge is -2.16. The van der Waals surface area contributed by atoms with E-state index in [-0.39, 0.29) is 41.6 Å². The Balaban J connectivity index is 0.000000186. The van der Waals surface area contributed by atoms with Crippen LogP contribution in [0.5, 0.6) is 23.1 Å². The normalized spacial score (nSPS) is 12.8. The number of nitrogens with one attached hydrogen (secondary N) is 3. The van der Waals surface area contributed by atoms with Crippen LogP contribution in [-0.2, 0) is 11.9 Å². The molecule has 0 saturated carbocycles. The third-order valence-corrected chi connectivity index (χ3v) is 10.6. The lowest BCUT2D eigenvalue weighted by molar-refractivity contribution is 0.0169. The maximum atomic E-state index is 15.1. The van der Waals surface area contributed by atoms with E-state index in [9.17, 15) is 4.79 Å². The molecule has 7 aromatic rings. The molecule has 1 amide bonds. The summed E-state index contributed by atoms with van der Waals surface area (Å²) in [6.45, 7) is 5.50. The number of nitrogens with zero attached hydrogens (tertiary/aromatic N) is 5. The molecular formula is C42H42BrClF2N8O6. The Bertz CT molecular complexity index is 2660. The van der Waals surface area contributed by atoms with Gasteiger partial charge in [0.1, 0.15) is 11.8 Å². The fourth-order valence-electron chi connectivity index (χ4n) is 6.81. The van der Waals surface area contributed by atoms with Gasteiger partial charge in [0.25, 0.3) is 5.91 Å². The van der Waals surface area contributed by atoms with Crippen LogP contribution in [-0.4, -0.2) is 87.0 Å². The molecule has 0 spiro atoms. The third-order valence-electron chi connectivity index (χ3n) is 9.76. The zero-order chi connectivity index (χ0) is 42.3. The van der Waals surface area contributed by atoms with Crippen molar-refractivity contribution in [3.63, 3.8) is 0 Å². The summed E-state index contributed by atoms with van der Waals surface area (Å²) < 4.78 is 50.0. The Morgan fingerprint density at radius 2 is 1.80 bits per heavy atom. The molecule has 14 nitrogen and oxygen atoms in total. The highest BCUT2D eigenvalue weighted by atomic mass is 79.9. The topological polar surface area (TPSA) is 161 Å². The number of halogens is 4. The van der Waals surface area contributed by atoms with Gasteiger partial charge in [-0.3, -0.25) is 9.63 Å². The molecule has 0 unspecified atom stereocenters. The summed E-state index contributed by atoms with van der Waals surface area (Å²) in [5, 5.41) is 13.1. The number of methoxy groups -OCH3 is 1. The molecule has 0 atom stereocenters. The van der Waals surface area contributed by atoms with E-state index >= 15 is 8.78 Å². The Morgan fingerprint density at radius 3 is 2.57 bits per heavy atom. The van der Waals surface area contributed by atoms with Crippen molar-refractivity contribution in [1.29, 1.82) is 0 Å². The van der Waals surface area contributed by atoms with Gasteiger partial charge in [0.05, 0.1) is 71.6 Å². The van der Waals surface area contributed by atoms with Crippen molar-refractivity contribution >= 4 is 77.7 Å². The highest BCUT2D eigenvalue weighted by Gasteiger charge is 2.23. The number of carbonyl (C=O) groups is 1. The number of aliphatic hydroxyl groups is 1. The minimum absolute atomic E-state index is 0.000486. The fraction of sp³-hybridized carbons (Fsp3) is 0.286. The van der Waals surface area contributed by atoms with Crippen LogP contribution in [0.3, 0.4) is 0 Å². The van der Waals surface area contributed by atoms with Gasteiger partial charge in [-0.25, -0.2) is 29.2 Å². The molecule has 4 aromatic carbocycles. The van der Waals surface area contributed by atoms with Crippen molar-refractivity contribution in [2.24, 2.45) is 7.05 Å². The zero-order valence-electron chi connectivity index (χ0n) is 33.0. The smallest absolute Gasteiger partial charge is 0.277 e. The number of rotatable bonds is 14. The summed E-state index contributed by atoms with van der Waals surface area (Å²) in [6.07, 6.45) is 6.37. The van der Waals surface area contributed by atoms with Gasteiger partial charge in [0, 0.05) is 40.7 Å². The standard InChI is InChI=1S/C25H27FN4O3.C17H15BrClFN4O3/c1-16-12-17-19(29-16)6-7-21(24(17)26)33-25-18-13-22(31-2)23(14-20(18)27-15-28-25)32-11-5-10-30-8-3-4-9-30;1-24-8-21-16-13(24)7-10(17(26)23-27-5-4-25)15(14(16)20)22-12-3-2-9(18)6-11(12)19/h6-7,12-15,29H,3-5,8-11H2,1-2H3;2-3,6-8,22,25H,4-5H2,1H3,(H,23,26). The molecule has 0 aliphatic carbocycles. The Labute approximate surface area is 356 Å². The second kappa shape index (κ2) is 19.2. The Morgan fingerprint density at radius 1 is 0.983 bits per heavy atom. The number of amides is 1. The van der Waals surface area contributed by atoms with Crippen LogP contribution in [0.2, 0.25) is 5.02 Å². The molecule has 8 rings (SSSR count). The van der Waals surface area contributed by atoms with E-state index in [0.29, 0.717) is 50.6 Å². The van der Waals surface area contributed by atoms with Gasteiger partial charge >= 0.3 is 0 Å². The minimum Gasteiger partial charge on any atom is -0.493 e. The van der Waals surface area contributed by atoms with Gasteiger partial charge in [-0.2, -0.15) is 0 Å². The highest BCUT2D eigenvalue weighted by Crippen LogP contribution is 2.38. The number of benzene rings is 4. The molecule has 1 saturated heterocycles. The molecule has 0 radical (unpaired) electrons. The second-order valence-corrected chi connectivity index (χ2v) is 15.3. The molecule has 1 aliphatic rings. The van der Waals surface area contributed by atoms with Gasteiger partial charge in [-0.05, 0) is 87.8 Å². The van der Waals surface area contributed by atoms with Crippen molar-refractivity contribution < 1.29 is 37.7 Å². The van der Waals surface area contributed by atoms with Crippen molar-refractivity contribution in [2.75, 3.05) is 51.9 Å². The molecule has 4 heterocycles. The molecule has 18 heteroatoms. The van der Waals surface area contributed by atoms with Crippen LogP contribution in [0.15, 0.2) is 71.7 Å². The van der Waals surface area contributed by atoms with Gasteiger partial charge < -0.3 is 39.1 Å². The van der Waals surface area contributed by atoms with Crippen LogP contribution < -0.4 is 25.0 Å². The number of anilines is 2. The highest BCUT2D eigenvalue weighted by molar-refractivity contribution is 9.10. The average molecular weight is 908 g/mol. The maximum Gasteiger partial charge on any atom is 0.277 e. The number of imidazole rings is 1. The number of ether oxygens (including phenoxy) is 3. The summed E-state index contributed by atoms with van der Waals surface area (Å²) in [4.78, 5) is 35.6. The number of aromatic nitrogens is 5. The number of aromatic amines is 1. The lowest BCUT2D eigenvalue weighted by atomic mass is 10.1. The molecule has 1 fully saturated rings. The number of hydroxylamine groups is 1. The third kappa shape index (κ3) is 9.55. The predicted molar refractivity (Wildman–Crippen MR) is 229 cm³/mol. The van der Waals surface area contributed by atoms with Crippen LogP contribution >= 0.6 is 27.5 Å². The quantitative estimate of drug-likeness (QED) is 0.0610. The van der Waals surface area contributed by atoms with E-state index in [1.54, 1.807) is 61.2 Å². The minimum atomic E-state index is -0.695. The van der Waals surface area contributed by atoms with Crippen LogP contribution in [0.25, 0.3) is 32.8 Å². The van der Waals surface area contributed by atoms with E-state index in [1.807, 2.05) is 13.0 Å². The van der Waals surface area contributed by atoms with Gasteiger partial charge in [0.2, 0.25) is 5.88 Å². The summed E-state index contributed by atoms with van der Waals surface area (Å²) >= 11 is 9.51. The van der Waals surface area contributed by atoms with Crippen LogP contribution in [0.4, 0.5) is 20.2 Å². The number of H-pyrrole nitrogens is 1. The summed E-state index contributed by atoms with van der Waals surface area (Å²) in [6, 6.07) is 15.3. The van der Waals surface area contributed by atoms with E-state index < -0.39 is 17.5 Å². The number of hydrogen-bond donors (Lipinski definition) is 4. The molecule has 314 valence electrons. The molecular weight excluding hydrogens is 866 g/mol. The number of hydrogen-bond acceptors (Lipinski definition) is 11. The Hall–Kier alpha value is -5.59. The number of likely N-dealkylation sites (tertiary alicyclic amines) is 1. The zero-order valence-corrected chi connectivity index (χ0v) is 35.3. The average Bonchev–Trinajstić information content (AvgIpc) is 4.00. The van der Waals surface area contributed by atoms with E-state index in [0.717, 1.165) is 28.6 Å². The number of aryl methyl sites for hydroxylation is 2. The molecule has 1 aliphatic heterocycles.